The number of ether oxygens (including phenoxy) is 2. The van der Waals surface area contributed by atoms with Crippen LogP contribution in [-0.4, -0.2) is 19.7 Å². The Kier molecular flexibility index (Phi) is 17.2. The Hall–Kier alpha value is -2.58. The van der Waals surface area contributed by atoms with E-state index in [1.165, 1.54) is 81.2 Å². The van der Waals surface area contributed by atoms with Crippen LogP contribution in [0.3, 0.4) is 0 Å². The minimum Gasteiger partial charge on any atom is -1.00 e. The third kappa shape index (κ3) is 13.3. The van der Waals surface area contributed by atoms with Gasteiger partial charge < -0.3 is 37.1 Å². The minimum atomic E-state index is -0.298. The summed E-state index contributed by atoms with van der Waals surface area (Å²) in [4.78, 5) is 12.6. The zero-order valence-corrected chi connectivity index (χ0v) is 27.5. The molecule has 2 aromatic carbocycles. The molecule has 0 radical (unpaired) electrons. The Morgan fingerprint density at radius 2 is 1.39 bits per heavy atom. The molecule has 226 valence electrons. The maximum atomic E-state index is 12.6. The average Bonchev–Trinajstić information content (AvgIpc) is 3.36. The second-order valence-electron chi connectivity index (χ2n) is 10.4. The van der Waals surface area contributed by atoms with E-state index >= 15 is 0 Å². The number of aromatic nitrogens is 1. The second-order valence-corrected chi connectivity index (χ2v) is 11.5. The van der Waals surface area contributed by atoms with E-state index in [1.54, 1.807) is 18.4 Å². The first kappa shape index (κ1) is 34.6. The van der Waals surface area contributed by atoms with Crippen LogP contribution in [0.15, 0.2) is 54.0 Å². The number of benzene rings is 2. The van der Waals surface area contributed by atoms with Gasteiger partial charge in [-0.1, -0.05) is 101 Å². The highest BCUT2D eigenvalue weighted by molar-refractivity contribution is 7.09. The average molecular weight is 647 g/mol. The van der Waals surface area contributed by atoms with Crippen molar-refractivity contribution >= 4 is 28.7 Å². The predicted octanol–water partition coefficient (Wildman–Crippen LogP) is 6.13. The summed E-state index contributed by atoms with van der Waals surface area (Å²) in [6.07, 6.45) is 17.8. The monoisotopic (exact) mass is 645 g/mol. The van der Waals surface area contributed by atoms with Gasteiger partial charge in [0.2, 0.25) is 5.01 Å². The summed E-state index contributed by atoms with van der Waals surface area (Å²) < 4.78 is 13.7. The van der Waals surface area contributed by atoms with Crippen molar-refractivity contribution in [3.05, 3.63) is 64.6 Å². The number of urea groups is 1. The predicted molar refractivity (Wildman–Crippen MR) is 167 cm³/mol. The van der Waals surface area contributed by atoms with Crippen LogP contribution in [0.25, 0.3) is 0 Å². The summed E-state index contributed by atoms with van der Waals surface area (Å²) in [6.45, 7) is 5.83. The van der Waals surface area contributed by atoms with Gasteiger partial charge in [0.15, 0.2) is 24.2 Å². The molecule has 3 aromatic rings. The van der Waals surface area contributed by atoms with Gasteiger partial charge >= 0.3 is 6.03 Å². The molecule has 8 heteroatoms. The molecule has 6 nitrogen and oxygen atoms in total. The Labute approximate surface area is 261 Å². The summed E-state index contributed by atoms with van der Waals surface area (Å²) in [7, 11) is 1.63. The molecule has 2 N–H and O–H groups in total. The quantitative estimate of drug-likeness (QED) is 0.122. The van der Waals surface area contributed by atoms with Crippen molar-refractivity contribution in [1.29, 1.82) is 0 Å². The van der Waals surface area contributed by atoms with Crippen molar-refractivity contribution in [2.24, 2.45) is 0 Å². The molecule has 0 aliphatic rings. The molecule has 0 bridgehead atoms. The number of carbonyl (C=O) groups excluding carboxylic acids is 1. The summed E-state index contributed by atoms with van der Waals surface area (Å²) in [5, 5.41) is 9.16. The van der Waals surface area contributed by atoms with Crippen molar-refractivity contribution in [2.45, 2.75) is 97.4 Å². The van der Waals surface area contributed by atoms with E-state index in [1.807, 2.05) is 42.5 Å². The Morgan fingerprint density at radius 1 is 0.805 bits per heavy atom. The highest BCUT2D eigenvalue weighted by Gasteiger charge is 2.11. The van der Waals surface area contributed by atoms with Crippen molar-refractivity contribution in [3.8, 4) is 11.5 Å². The molecule has 0 spiro atoms. The number of hydrogen-bond donors (Lipinski definition) is 2. The summed E-state index contributed by atoms with van der Waals surface area (Å²) in [5.41, 5.74) is 2.58. The van der Waals surface area contributed by atoms with Gasteiger partial charge in [-0.05, 0) is 30.7 Å². The molecule has 0 aliphatic heterocycles. The fraction of sp³-hybridized carbons (Fsp3) is 0.515. The van der Waals surface area contributed by atoms with Gasteiger partial charge in [-0.15, -0.1) is 0 Å². The van der Waals surface area contributed by atoms with Crippen molar-refractivity contribution in [2.75, 3.05) is 24.4 Å². The fourth-order valence-corrected chi connectivity index (χ4v) is 5.38. The van der Waals surface area contributed by atoms with Crippen LogP contribution in [0.4, 0.5) is 16.2 Å². The van der Waals surface area contributed by atoms with E-state index in [-0.39, 0.29) is 23.0 Å². The van der Waals surface area contributed by atoms with Gasteiger partial charge in [0.1, 0.15) is 0 Å². The number of rotatable bonds is 19. The fourth-order valence-electron chi connectivity index (χ4n) is 4.72. The lowest BCUT2D eigenvalue weighted by molar-refractivity contribution is -0.689. The number of methoxy groups -OCH3 is 1. The van der Waals surface area contributed by atoms with Gasteiger partial charge in [0.05, 0.1) is 19.1 Å². The normalized spacial score (nSPS) is 10.6. The molecule has 0 saturated heterocycles. The van der Waals surface area contributed by atoms with E-state index < -0.39 is 0 Å². The standard InChI is InChI=1S/C33H47N3O3S.BrH/c1-4-5-6-7-8-9-10-11-12-13-14-15-23-39-32-25-30(20-21-31(32)38-3)35-33(37)34-29-18-16-28(17-19-29)26-36-22-24-40-27(36)2;/h16-22,24-25H,4-15,23,26H2,1-3H3,(H-,34,35,37);1H. The maximum absolute atomic E-state index is 12.6. The highest BCUT2D eigenvalue weighted by atomic mass is 79.9. The number of thiazole rings is 1. The van der Waals surface area contributed by atoms with Gasteiger partial charge in [0.25, 0.3) is 0 Å². The molecule has 0 unspecified atom stereocenters. The summed E-state index contributed by atoms with van der Waals surface area (Å²) >= 11 is 1.73. The smallest absolute Gasteiger partial charge is 0.323 e. The number of unbranched alkanes of at least 4 members (excludes halogenated alkanes) is 11. The molecule has 3 rings (SSSR count). The Morgan fingerprint density at radius 3 is 1.98 bits per heavy atom. The highest BCUT2D eigenvalue weighted by Crippen LogP contribution is 2.30. The van der Waals surface area contributed by atoms with E-state index in [2.05, 4.69) is 40.6 Å². The van der Waals surface area contributed by atoms with Crippen LogP contribution in [-0.2, 0) is 6.54 Å². The Bertz CT molecular complexity index is 1140. The molecule has 41 heavy (non-hydrogen) atoms. The molecule has 0 atom stereocenters. The lowest BCUT2D eigenvalue weighted by Gasteiger charge is -2.13. The summed E-state index contributed by atoms with van der Waals surface area (Å²) in [6, 6.07) is 13.1. The first-order chi connectivity index (χ1) is 19.6. The van der Waals surface area contributed by atoms with Gasteiger partial charge in [-0.2, -0.15) is 4.57 Å². The lowest BCUT2D eigenvalue weighted by Crippen LogP contribution is -3.00. The van der Waals surface area contributed by atoms with Crippen molar-refractivity contribution in [1.82, 2.24) is 0 Å². The van der Waals surface area contributed by atoms with Crippen molar-refractivity contribution < 1.29 is 35.8 Å². The number of hydrogen-bond acceptors (Lipinski definition) is 4. The molecular weight excluding hydrogens is 598 g/mol. The van der Waals surface area contributed by atoms with Crippen LogP contribution < -0.4 is 41.7 Å². The van der Waals surface area contributed by atoms with Crippen LogP contribution in [0.2, 0.25) is 0 Å². The third-order valence-electron chi connectivity index (χ3n) is 7.13. The number of amides is 2. The molecule has 0 fully saturated rings. The van der Waals surface area contributed by atoms with Crippen LogP contribution in [0.5, 0.6) is 11.5 Å². The van der Waals surface area contributed by atoms with Gasteiger partial charge in [-0.3, -0.25) is 0 Å². The molecular formula is C33H48BrN3O3S. The van der Waals surface area contributed by atoms with Crippen LogP contribution in [0.1, 0.15) is 94.5 Å². The largest absolute Gasteiger partial charge is 1.00 e. The number of nitrogens with zero attached hydrogens (tertiary/aromatic N) is 1. The topological polar surface area (TPSA) is 63.5 Å². The number of carbonyl (C=O) groups is 1. The van der Waals surface area contributed by atoms with Gasteiger partial charge in [-0.25, -0.2) is 4.79 Å². The first-order valence-corrected chi connectivity index (χ1v) is 15.9. The Balaban J connectivity index is 0.00000588. The zero-order valence-electron chi connectivity index (χ0n) is 25.1. The van der Waals surface area contributed by atoms with E-state index in [0.717, 1.165) is 18.7 Å². The molecule has 1 aromatic heterocycles. The molecule has 0 aliphatic carbocycles. The SMILES string of the molecule is CCCCCCCCCCCCCCOc1cc(NC(=O)Nc2ccc(C[n+]3ccsc3C)cc2)ccc1OC.[Br-]. The van der Waals surface area contributed by atoms with E-state index in [9.17, 15) is 4.79 Å². The van der Waals surface area contributed by atoms with E-state index in [4.69, 9.17) is 9.47 Å². The lowest BCUT2D eigenvalue weighted by atomic mass is 10.1. The molecule has 1 heterocycles. The van der Waals surface area contributed by atoms with Crippen molar-refractivity contribution in [3.63, 3.8) is 0 Å². The number of aryl methyl sites for hydroxylation is 1. The third-order valence-corrected chi connectivity index (χ3v) is 7.96. The maximum Gasteiger partial charge on any atom is 0.323 e. The first-order valence-electron chi connectivity index (χ1n) is 15.0. The second kappa shape index (κ2) is 20.3. The molecule has 0 saturated carbocycles. The minimum absolute atomic E-state index is 0. The summed E-state index contributed by atoms with van der Waals surface area (Å²) in [5.74, 6) is 1.31. The van der Waals surface area contributed by atoms with Crippen LogP contribution >= 0.6 is 11.3 Å². The van der Waals surface area contributed by atoms with E-state index in [0.29, 0.717) is 23.8 Å². The van der Waals surface area contributed by atoms with Crippen LogP contribution in [0, 0.1) is 6.92 Å². The zero-order chi connectivity index (χ0) is 28.4. The molecule has 2 amide bonds. The number of anilines is 2. The number of halogens is 1. The van der Waals surface area contributed by atoms with Gasteiger partial charge in [0, 0.05) is 29.9 Å². The number of nitrogens with one attached hydrogen (secondary N) is 2.